The second-order valence-electron chi connectivity index (χ2n) is 3.19. The van der Waals surface area contributed by atoms with Gasteiger partial charge in [0.25, 0.3) is 0 Å². The number of ether oxygens (including phenoxy) is 1. The second kappa shape index (κ2) is 6.89. The Kier molecular flexibility index (Phi) is 5.80. The fourth-order valence-corrected chi connectivity index (χ4v) is 2.10. The minimum Gasteiger partial charge on any atom is -0.479 e. The van der Waals surface area contributed by atoms with E-state index in [0.717, 1.165) is 0 Å². The Morgan fingerprint density at radius 3 is 2.44 bits per heavy atom. The van der Waals surface area contributed by atoms with Gasteiger partial charge in [-0.1, -0.05) is 11.6 Å². The van der Waals surface area contributed by atoms with Crippen molar-refractivity contribution < 1.29 is 23.4 Å². The van der Waals surface area contributed by atoms with Gasteiger partial charge in [-0.25, -0.2) is 0 Å². The summed E-state index contributed by atoms with van der Waals surface area (Å²) in [4.78, 5) is 22.4. The highest BCUT2D eigenvalue weighted by molar-refractivity contribution is 7.10. The molecule has 0 aliphatic rings. The molecule has 1 rings (SSSR count). The van der Waals surface area contributed by atoms with Crippen molar-refractivity contribution in [3.63, 3.8) is 0 Å². The molecule has 0 fully saturated rings. The molecule has 0 aromatic heterocycles. The molecule has 18 heavy (non-hydrogen) atoms. The fraction of sp³-hybridized carbons (Fsp3) is 0.200. The first-order valence-corrected chi connectivity index (χ1v) is 6.01. The van der Waals surface area contributed by atoms with Crippen LogP contribution in [-0.4, -0.2) is 19.4 Å². The quantitative estimate of drug-likeness (QED) is 0.474. The Balaban J connectivity index is 3.42. The van der Waals surface area contributed by atoms with Gasteiger partial charge < -0.3 is 13.8 Å². The molecule has 98 valence electrons. The number of hydrogen-bond acceptors (Lipinski definition) is 5. The van der Waals surface area contributed by atoms with E-state index in [9.17, 15) is 9.59 Å². The first-order chi connectivity index (χ1) is 8.58. The average Bonchev–Trinajstić information content (AvgIpc) is 2.40. The maximum Gasteiger partial charge on any atom is 0.310 e. The second-order valence-corrected chi connectivity index (χ2v) is 4.03. The molecule has 0 saturated heterocycles. The van der Waals surface area contributed by atoms with E-state index in [2.05, 4.69) is 4.74 Å². The highest BCUT2D eigenvalue weighted by Gasteiger charge is 2.20. The molecule has 8 heteroatoms. The van der Waals surface area contributed by atoms with Gasteiger partial charge >= 0.3 is 5.97 Å². The van der Waals surface area contributed by atoms with Crippen LogP contribution in [0.1, 0.15) is 15.9 Å². The van der Waals surface area contributed by atoms with E-state index in [1.165, 1.54) is 13.2 Å². The van der Waals surface area contributed by atoms with Crippen molar-refractivity contribution >= 4 is 42.8 Å². The number of benzene rings is 1. The van der Waals surface area contributed by atoms with Gasteiger partial charge in [0.05, 0.1) is 43.1 Å². The summed E-state index contributed by atoms with van der Waals surface area (Å²) < 4.78 is 14.5. The number of aldehydes is 1. The van der Waals surface area contributed by atoms with E-state index >= 15 is 0 Å². The maximum absolute atomic E-state index is 11.3. The Hall–Kier alpha value is -0.890. The van der Waals surface area contributed by atoms with Gasteiger partial charge in [-0.2, -0.15) is 0 Å². The van der Waals surface area contributed by atoms with Crippen LogP contribution in [0.2, 0.25) is 5.02 Å². The van der Waals surface area contributed by atoms with E-state index in [0.29, 0.717) is 11.8 Å². The smallest absolute Gasteiger partial charge is 0.310 e. The van der Waals surface area contributed by atoms with E-state index in [4.69, 9.17) is 20.6 Å². The van der Waals surface area contributed by atoms with Gasteiger partial charge in [-0.3, -0.25) is 9.59 Å². The number of carbonyl (C=O) groups is 2. The highest BCUT2D eigenvalue weighted by atomic mass is 35.5. The fourth-order valence-electron chi connectivity index (χ4n) is 1.38. The molecule has 0 bridgehead atoms. The van der Waals surface area contributed by atoms with Crippen molar-refractivity contribution in [2.75, 3.05) is 7.11 Å². The van der Waals surface area contributed by atoms with Crippen LogP contribution in [-0.2, 0) is 16.0 Å². The van der Waals surface area contributed by atoms with E-state index in [-0.39, 0.29) is 28.5 Å². The Morgan fingerprint density at radius 2 is 2.00 bits per heavy atom. The molecule has 2 unspecified atom stereocenters. The number of esters is 1. The third kappa shape index (κ3) is 3.11. The maximum atomic E-state index is 11.3. The van der Waals surface area contributed by atoms with Gasteiger partial charge in [0, 0.05) is 6.07 Å². The Morgan fingerprint density at radius 1 is 1.39 bits per heavy atom. The standard InChI is InChI=1S/C10H11ClO5P2/c1-14-9(13)2-5-6(4-12)7(15-17)3-8(16-18)10(5)11/h3-4H,2,17-18H2,1H3. The van der Waals surface area contributed by atoms with E-state index < -0.39 is 5.97 Å². The Labute approximate surface area is 114 Å². The predicted molar refractivity (Wildman–Crippen MR) is 73.2 cm³/mol. The van der Waals surface area contributed by atoms with Crippen molar-refractivity contribution in [1.29, 1.82) is 0 Å². The lowest BCUT2D eigenvalue weighted by molar-refractivity contribution is -0.139. The van der Waals surface area contributed by atoms with E-state index in [1.54, 1.807) is 0 Å². The molecule has 2 atom stereocenters. The third-order valence-electron chi connectivity index (χ3n) is 2.25. The summed E-state index contributed by atoms with van der Waals surface area (Å²) in [5.41, 5.74) is 0.488. The first kappa shape index (κ1) is 15.2. The molecule has 0 aliphatic carbocycles. The summed E-state index contributed by atoms with van der Waals surface area (Å²) in [6, 6.07) is 1.45. The number of carbonyl (C=O) groups excluding carboxylic acids is 2. The summed E-state index contributed by atoms with van der Waals surface area (Å²) in [5, 5.41) is 0.170. The average molecular weight is 309 g/mol. The van der Waals surface area contributed by atoms with Crippen LogP contribution in [0.4, 0.5) is 0 Å². The molecule has 0 amide bonds. The zero-order valence-corrected chi connectivity index (χ0v) is 12.5. The monoisotopic (exact) mass is 308 g/mol. The molecular formula is C10H11ClO5P2. The molecule has 1 aromatic carbocycles. The van der Waals surface area contributed by atoms with Crippen LogP contribution in [0.25, 0.3) is 0 Å². The van der Waals surface area contributed by atoms with Gasteiger partial charge in [-0.05, 0) is 5.56 Å². The van der Waals surface area contributed by atoms with Crippen molar-refractivity contribution in [2.24, 2.45) is 0 Å². The summed E-state index contributed by atoms with van der Waals surface area (Å²) in [5.74, 6) is 0.00925. The molecule has 1 aromatic rings. The molecular weight excluding hydrogens is 298 g/mol. The highest BCUT2D eigenvalue weighted by Crippen LogP contribution is 2.38. The van der Waals surface area contributed by atoms with E-state index in [1.807, 2.05) is 18.9 Å². The number of rotatable bonds is 5. The molecule has 0 radical (unpaired) electrons. The zero-order chi connectivity index (χ0) is 13.7. The number of methoxy groups -OCH3 is 1. The topological polar surface area (TPSA) is 61.8 Å². The molecule has 5 nitrogen and oxygen atoms in total. The van der Waals surface area contributed by atoms with Crippen LogP contribution in [0.15, 0.2) is 6.07 Å². The molecule has 0 spiro atoms. The van der Waals surface area contributed by atoms with Gasteiger partial charge in [-0.15, -0.1) is 0 Å². The summed E-state index contributed by atoms with van der Waals surface area (Å²) in [7, 11) is 5.29. The van der Waals surface area contributed by atoms with Crippen LogP contribution in [0.5, 0.6) is 11.5 Å². The summed E-state index contributed by atoms with van der Waals surface area (Å²) >= 11 is 6.06. The Bertz CT molecular complexity index is 478. The lowest BCUT2D eigenvalue weighted by atomic mass is 10.0. The first-order valence-electron chi connectivity index (χ1n) is 4.69. The van der Waals surface area contributed by atoms with Crippen molar-refractivity contribution in [3.05, 3.63) is 22.2 Å². The van der Waals surface area contributed by atoms with Crippen LogP contribution >= 0.6 is 30.5 Å². The zero-order valence-electron chi connectivity index (χ0n) is 9.44. The molecule has 0 heterocycles. The number of hydrogen-bond donors (Lipinski definition) is 0. The molecule has 0 N–H and O–H groups in total. The minimum absolute atomic E-state index is 0.147. The van der Waals surface area contributed by atoms with Gasteiger partial charge in [0.1, 0.15) is 11.5 Å². The molecule has 0 aliphatic heterocycles. The van der Waals surface area contributed by atoms with Crippen molar-refractivity contribution in [1.82, 2.24) is 0 Å². The SMILES string of the molecule is COC(=O)Cc1c(Cl)c(OP)cc(OP)c1C=O. The third-order valence-corrected chi connectivity index (χ3v) is 3.18. The van der Waals surface area contributed by atoms with Crippen LogP contribution in [0.3, 0.4) is 0 Å². The van der Waals surface area contributed by atoms with Gasteiger partial charge in [0.15, 0.2) is 6.29 Å². The van der Waals surface area contributed by atoms with Crippen molar-refractivity contribution in [2.45, 2.75) is 6.42 Å². The van der Waals surface area contributed by atoms with Gasteiger partial charge in [0.2, 0.25) is 0 Å². The lowest BCUT2D eigenvalue weighted by Crippen LogP contribution is -2.08. The summed E-state index contributed by atoms with van der Waals surface area (Å²) in [6.07, 6.45) is 0.419. The van der Waals surface area contributed by atoms with Crippen LogP contribution < -0.4 is 9.05 Å². The normalized spacial score (nSPS) is 9.78. The van der Waals surface area contributed by atoms with Crippen molar-refractivity contribution in [3.8, 4) is 11.5 Å². The number of halogens is 1. The lowest BCUT2D eigenvalue weighted by Gasteiger charge is -2.13. The van der Waals surface area contributed by atoms with Crippen LogP contribution in [0, 0.1) is 0 Å². The summed E-state index contributed by atoms with van der Waals surface area (Å²) in [6.45, 7) is 0. The predicted octanol–water partition coefficient (Wildman–Crippen LogP) is 2.21. The largest absolute Gasteiger partial charge is 0.479 e. The molecule has 0 saturated carbocycles. The minimum atomic E-state index is -0.518.